The Balaban J connectivity index is 1.58. The molecule has 5 nitrogen and oxygen atoms in total. The van der Waals surface area contributed by atoms with Gasteiger partial charge < -0.3 is 13.9 Å². The van der Waals surface area contributed by atoms with Gasteiger partial charge in [-0.05, 0) is 48.0 Å². The smallest absolute Gasteiger partial charge is 0.379 e. The molecule has 0 aliphatic carbocycles. The highest BCUT2D eigenvalue weighted by atomic mass is 79.9. The van der Waals surface area contributed by atoms with Gasteiger partial charge in [-0.2, -0.15) is 0 Å². The van der Waals surface area contributed by atoms with Crippen LogP contribution in [0.1, 0.15) is 26.5 Å². The number of ketones is 1. The average molecular weight is 411 g/mol. The van der Waals surface area contributed by atoms with E-state index in [1.807, 2.05) is 24.3 Å². The summed E-state index contributed by atoms with van der Waals surface area (Å²) in [6.07, 6.45) is 3.06. The van der Waals surface area contributed by atoms with Crippen LogP contribution in [0.3, 0.4) is 0 Å². The molecule has 0 saturated carbocycles. The van der Waals surface area contributed by atoms with Gasteiger partial charge in [0, 0.05) is 10.5 Å². The Morgan fingerprint density at radius 3 is 2.73 bits per heavy atom. The number of ether oxygens (including phenoxy) is 2. The molecular weight excluding hydrogens is 400 g/mol. The van der Waals surface area contributed by atoms with E-state index >= 15 is 0 Å². The van der Waals surface area contributed by atoms with E-state index < -0.39 is 5.97 Å². The van der Waals surface area contributed by atoms with Gasteiger partial charge in [-0.3, -0.25) is 4.79 Å². The zero-order valence-corrected chi connectivity index (χ0v) is 14.9. The van der Waals surface area contributed by atoms with E-state index in [-0.39, 0.29) is 23.1 Å². The van der Waals surface area contributed by atoms with Crippen LogP contribution in [-0.2, 0) is 0 Å². The number of Topliss-reactive ketones (excluding diaryl/α,β-unsaturated/α-hetero) is 1. The molecule has 3 aromatic rings. The van der Waals surface area contributed by atoms with E-state index in [9.17, 15) is 9.59 Å². The number of allylic oxidation sites excluding steroid dienone is 1. The molecule has 1 aliphatic heterocycles. The van der Waals surface area contributed by atoms with Crippen molar-refractivity contribution >= 4 is 33.8 Å². The van der Waals surface area contributed by atoms with Crippen LogP contribution in [0.25, 0.3) is 6.08 Å². The molecule has 0 radical (unpaired) electrons. The van der Waals surface area contributed by atoms with Gasteiger partial charge in [-0.1, -0.05) is 28.1 Å². The monoisotopic (exact) mass is 410 g/mol. The molecule has 1 aliphatic rings. The summed E-state index contributed by atoms with van der Waals surface area (Å²) in [4.78, 5) is 24.4. The molecule has 26 heavy (non-hydrogen) atoms. The fourth-order valence-corrected chi connectivity index (χ4v) is 2.95. The Morgan fingerprint density at radius 1 is 1.08 bits per heavy atom. The highest BCUT2D eigenvalue weighted by molar-refractivity contribution is 9.10. The summed E-state index contributed by atoms with van der Waals surface area (Å²) in [5, 5.41) is 0. The van der Waals surface area contributed by atoms with Gasteiger partial charge >= 0.3 is 5.97 Å². The van der Waals surface area contributed by atoms with Gasteiger partial charge in [0.15, 0.2) is 5.76 Å². The number of carbonyl (C=O) groups is 2. The summed E-state index contributed by atoms with van der Waals surface area (Å²) in [7, 11) is 0. The molecule has 0 unspecified atom stereocenters. The van der Waals surface area contributed by atoms with Crippen LogP contribution < -0.4 is 9.47 Å². The van der Waals surface area contributed by atoms with Crippen molar-refractivity contribution < 1.29 is 23.5 Å². The zero-order valence-electron chi connectivity index (χ0n) is 13.3. The third kappa shape index (κ3) is 3.19. The summed E-state index contributed by atoms with van der Waals surface area (Å²) in [6, 6.07) is 15.2. The molecule has 1 aromatic heterocycles. The van der Waals surface area contributed by atoms with E-state index in [1.165, 1.54) is 18.4 Å². The minimum absolute atomic E-state index is 0.0951. The van der Waals surface area contributed by atoms with E-state index in [0.29, 0.717) is 11.3 Å². The Hall–Kier alpha value is -3.12. The summed E-state index contributed by atoms with van der Waals surface area (Å²) in [5.41, 5.74) is 1.25. The number of fused-ring (bicyclic) bond motifs is 1. The molecule has 0 spiro atoms. The number of benzene rings is 2. The first-order valence-corrected chi connectivity index (χ1v) is 8.49. The number of hydrogen-bond donors (Lipinski definition) is 0. The first kappa shape index (κ1) is 16.4. The Labute approximate surface area is 157 Å². The lowest BCUT2D eigenvalue weighted by molar-refractivity contribution is 0.0701. The van der Waals surface area contributed by atoms with Crippen LogP contribution >= 0.6 is 15.9 Å². The van der Waals surface area contributed by atoms with Crippen LogP contribution in [0.2, 0.25) is 0 Å². The second kappa shape index (κ2) is 6.65. The van der Waals surface area contributed by atoms with E-state index in [1.54, 1.807) is 24.3 Å². The molecule has 128 valence electrons. The third-order valence-corrected chi connectivity index (χ3v) is 4.21. The lowest BCUT2D eigenvalue weighted by Gasteiger charge is -2.04. The SMILES string of the molecule is O=C(Oc1ccc2c(c1)O/C(=C/c1cccc(Br)c1)C2=O)c1ccco1. The van der Waals surface area contributed by atoms with Gasteiger partial charge in [-0.25, -0.2) is 4.79 Å². The van der Waals surface area contributed by atoms with Crippen LogP contribution in [0, 0.1) is 0 Å². The van der Waals surface area contributed by atoms with E-state index in [2.05, 4.69) is 15.9 Å². The molecule has 0 saturated heterocycles. The Bertz CT molecular complexity index is 1030. The molecule has 0 atom stereocenters. The first-order valence-electron chi connectivity index (χ1n) is 7.70. The van der Waals surface area contributed by atoms with Crippen molar-refractivity contribution in [1.29, 1.82) is 0 Å². The molecular formula is C20H11BrO5. The van der Waals surface area contributed by atoms with Crippen LogP contribution in [-0.4, -0.2) is 11.8 Å². The highest BCUT2D eigenvalue weighted by Crippen LogP contribution is 2.35. The molecule has 6 heteroatoms. The molecule has 0 bridgehead atoms. The van der Waals surface area contributed by atoms with Crippen molar-refractivity contribution in [3.8, 4) is 11.5 Å². The van der Waals surface area contributed by atoms with Crippen molar-refractivity contribution in [2.75, 3.05) is 0 Å². The van der Waals surface area contributed by atoms with Crippen molar-refractivity contribution in [3.05, 3.63) is 88.0 Å². The molecule has 0 fully saturated rings. The Morgan fingerprint density at radius 2 is 1.96 bits per heavy atom. The number of rotatable bonds is 3. The van der Waals surface area contributed by atoms with Crippen molar-refractivity contribution in [3.63, 3.8) is 0 Å². The van der Waals surface area contributed by atoms with Gasteiger partial charge in [-0.15, -0.1) is 0 Å². The standard InChI is InChI=1S/C20H11BrO5/c21-13-4-1-3-12(9-13)10-18-19(22)15-7-6-14(11-17(15)26-18)25-20(23)16-5-2-8-24-16/h1-11H/b18-10+. The predicted molar refractivity (Wildman–Crippen MR) is 97.2 cm³/mol. The van der Waals surface area contributed by atoms with Crippen LogP contribution in [0.15, 0.2) is 75.5 Å². The number of halogens is 1. The molecule has 2 aromatic carbocycles. The average Bonchev–Trinajstić information content (AvgIpc) is 3.24. The summed E-state index contributed by atoms with van der Waals surface area (Å²) in [5.74, 6) is 0.0843. The maximum Gasteiger partial charge on any atom is 0.379 e. The number of carbonyl (C=O) groups excluding carboxylic acids is 2. The topological polar surface area (TPSA) is 65.7 Å². The number of hydrogen-bond acceptors (Lipinski definition) is 5. The molecule has 0 amide bonds. The van der Waals surface area contributed by atoms with E-state index in [0.717, 1.165) is 10.0 Å². The van der Waals surface area contributed by atoms with Crippen LogP contribution in [0.4, 0.5) is 0 Å². The fraction of sp³-hybridized carbons (Fsp3) is 0. The van der Waals surface area contributed by atoms with Crippen molar-refractivity contribution in [2.24, 2.45) is 0 Å². The minimum atomic E-state index is -0.621. The van der Waals surface area contributed by atoms with Gasteiger partial charge in [0.05, 0.1) is 11.8 Å². The maximum atomic E-state index is 12.5. The van der Waals surface area contributed by atoms with Crippen molar-refractivity contribution in [1.82, 2.24) is 0 Å². The van der Waals surface area contributed by atoms with Crippen molar-refractivity contribution in [2.45, 2.75) is 0 Å². The number of esters is 1. The highest BCUT2D eigenvalue weighted by Gasteiger charge is 2.28. The molecule has 4 rings (SSSR count). The van der Waals surface area contributed by atoms with Gasteiger partial charge in [0.25, 0.3) is 0 Å². The third-order valence-electron chi connectivity index (χ3n) is 3.72. The lowest BCUT2D eigenvalue weighted by atomic mass is 10.1. The second-order valence-corrected chi connectivity index (χ2v) is 6.44. The summed E-state index contributed by atoms with van der Waals surface area (Å²) < 4.78 is 16.8. The van der Waals surface area contributed by atoms with Crippen LogP contribution in [0.5, 0.6) is 11.5 Å². The maximum absolute atomic E-state index is 12.5. The summed E-state index contributed by atoms with van der Waals surface area (Å²) in [6.45, 7) is 0. The molecule has 0 N–H and O–H groups in total. The van der Waals surface area contributed by atoms with Gasteiger partial charge in [0.1, 0.15) is 11.5 Å². The lowest BCUT2D eigenvalue weighted by Crippen LogP contribution is -2.07. The Kier molecular flexibility index (Phi) is 4.18. The minimum Gasteiger partial charge on any atom is -0.457 e. The van der Waals surface area contributed by atoms with Gasteiger partial charge in [0.2, 0.25) is 11.5 Å². The fourth-order valence-electron chi connectivity index (χ4n) is 2.53. The second-order valence-electron chi connectivity index (χ2n) is 5.52. The first-order chi connectivity index (χ1) is 12.6. The van der Waals surface area contributed by atoms with E-state index in [4.69, 9.17) is 13.9 Å². The number of furan rings is 1. The largest absolute Gasteiger partial charge is 0.457 e. The quantitative estimate of drug-likeness (QED) is 0.349. The normalized spacial score (nSPS) is 14.2. The molecule has 2 heterocycles. The summed E-state index contributed by atoms with van der Waals surface area (Å²) >= 11 is 3.39. The zero-order chi connectivity index (χ0) is 18.1. The predicted octanol–water partition coefficient (Wildman–Crippen LogP) is 4.88.